The Labute approximate surface area is 79.7 Å². The fraction of sp³-hybridized carbons (Fsp3) is 0.500. The van der Waals surface area contributed by atoms with Gasteiger partial charge in [0.1, 0.15) is 4.84 Å². The predicted octanol–water partition coefficient (Wildman–Crippen LogP) is 2.43. The van der Waals surface area contributed by atoms with Crippen LogP contribution in [0, 0.1) is 0 Å². The van der Waals surface area contributed by atoms with Gasteiger partial charge in [0, 0.05) is 5.57 Å². The van der Waals surface area contributed by atoms with Gasteiger partial charge in [0.05, 0.1) is 5.38 Å². The Morgan fingerprint density at radius 2 is 1.91 bits per heavy atom. The fourth-order valence-electron chi connectivity index (χ4n) is 0.383. The highest BCUT2D eigenvalue weighted by Crippen LogP contribution is 2.16. The van der Waals surface area contributed by atoms with Crippen molar-refractivity contribution in [1.29, 1.82) is 0 Å². The zero-order chi connectivity index (χ0) is 9.02. The lowest BCUT2D eigenvalue weighted by molar-refractivity contribution is -0.132. The van der Waals surface area contributed by atoms with E-state index < -0.39 is 16.2 Å². The number of allylic oxidation sites excluding steroid dienone is 1. The number of hydrogen-bond donors (Lipinski definition) is 1. The van der Waals surface area contributed by atoms with Gasteiger partial charge in [-0.05, 0) is 6.92 Å². The Morgan fingerprint density at radius 1 is 1.45 bits per heavy atom. The monoisotopic (exact) mass is 216 g/mol. The van der Waals surface area contributed by atoms with Gasteiger partial charge in [0.25, 0.3) is 0 Å². The lowest BCUT2D eigenvalue weighted by Gasteiger charge is -2.03. The molecule has 0 aliphatic heterocycles. The molecule has 0 aromatic carbocycles. The molecule has 1 atom stereocenters. The van der Waals surface area contributed by atoms with E-state index in [4.69, 9.17) is 39.9 Å². The van der Waals surface area contributed by atoms with Crippen LogP contribution in [0.4, 0.5) is 0 Å². The van der Waals surface area contributed by atoms with E-state index in [1.54, 1.807) is 0 Å². The molecule has 0 amide bonds. The van der Waals surface area contributed by atoms with Crippen LogP contribution in [0.1, 0.15) is 6.92 Å². The fourth-order valence-corrected chi connectivity index (χ4v) is 0.717. The first-order valence-electron chi connectivity index (χ1n) is 2.79. The SMILES string of the molecule is CC(=CC(Cl)C(Cl)Cl)C(=O)O. The topological polar surface area (TPSA) is 37.3 Å². The molecular weight excluding hydrogens is 210 g/mol. The summed E-state index contributed by atoms with van der Waals surface area (Å²) in [6.07, 6.45) is 1.30. The number of rotatable bonds is 3. The van der Waals surface area contributed by atoms with E-state index in [2.05, 4.69) is 0 Å². The molecule has 1 N–H and O–H groups in total. The van der Waals surface area contributed by atoms with Gasteiger partial charge >= 0.3 is 5.97 Å². The van der Waals surface area contributed by atoms with E-state index in [1.165, 1.54) is 13.0 Å². The Hall–Kier alpha value is 0.0800. The highest BCUT2D eigenvalue weighted by molar-refractivity contribution is 6.48. The van der Waals surface area contributed by atoms with Gasteiger partial charge in [-0.15, -0.1) is 34.8 Å². The number of hydrogen-bond acceptors (Lipinski definition) is 1. The minimum Gasteiger partial charge on any atom is -0.478 e. The van der Waals surface area contributed by atoms with E-state index in [0.29, 0.717) is 0 Å². The molecule has 0 spiro atoms. The van der Waals surface area contributed by atoms with Crippen molar-refractivity contribution in [2.75, 3.05) is 0 Å². The molecule has 0 fully saturated rings. The maximum Gasteiger partial charge on any atom is 0.330 e. The van der Waals surface area contributed by atoms with Crippen LogP contribution in [0.25, 0.3) is 0 Å². The maximum atomic E-state index is 10.2. The number of alkyl halides is 3. The number of carboxylic acid groups (broad SMARTS) is 1. The molecule has 0 aliphatic carbocycles. The van der Waals surface area contributed by atoms with E-state index >= 15 is 0 Å². The summed E-state index contributed by atoms with van der Waals surface area (Å²) in [4.78, 5) is 9.46. The summed E-state index contributed by atoms with van der Waals surface area (Å²) in [7, 11) is 0. The molecule has 0 saturated carbocycles. The van der Waals surface area contributed by atoms with Gasteiger partial charge < -0.3 is 5.11 Å². The minimum atomic E-state index is -1.02. The summed E-state index contributed by atoms with van der Waals surface area (Å²) >= 11 is 16.3. The van der Waals surface area contributed by atoms with Gasteiger partial charge in [-0.1, -0.05) is 6.08 Å². The van der Waals surface area contributed by atoms with Crippen LogP contribution >= 0.6 is 34.8 Å². The first kappa shape index (κ1) is 11.1. The number of halogens is 3. The second-order valence-corrected chi connectivity index (χ2v) is 3.60. The molecule has 0 heterocycles. The predicted molar refractivity (Wildman–Crippen MR) is 46.5 cm³/mol. The average molecular weight is 217 g/mol. The average Bonchev–Trinajstić information content (AvgIpc) is 1.87. The third-order valence-electron chi connectivity index (χ3n) is 0.987. The third kappa shape index (κ3) is 4.51. The van der Waals surface area contributed by atoms with Crippen LogP contribution in [0.15, 0.2) is 11.6 Å². The lowest BCUT2D eigenvalue weighted by Crippen LogP contribution is -2.07. The molecule has 11 heavy (non-hydrogen) atoms. The molecule has 0 aromatic heterocycles. The highest BCUT2D eigenvalue weighted by atomic mass is 35.5. The van der Waals surface area contributed by atoms with Gasteiger partial charge in [0.15, 0.2) is 0 Å². The largest absolute Gasteiger partial charge is 0.478 e. The van der Waals surface area contributed by atoms with Crippen LogP contribution in [0.3, 0.4) is 0 Å². The summed E-state index contributed by atoms with van der Waals surface area (Å²) in [6, 6.07) is 0. The summed E-state index contributed by atoms with van der Waals surface area (Å²) < 4.78 is 0. The van der Waals surface area contributed by atoms with Crippen molar-refractivity contribution >= 4 is 40.8 Å². The molecule has 64 valence electrons. The molecular formula is C6H7Cl3O2. The molecule has 0 rings (SSSR count). The van der Waals surface area contributed by atoms with E-state index in [1.807, 2.05) is 0 Å². The van der Waals surface area contributed by atoms with Crippen molar-refractivity contribution in [3.05, 3.63) is 11.6 Å². The van der Waals surface area contributed by atoms with Gasteiger partial charge in [-0.3, -0.25) is 0 Å². The summed E-state index contributed by atoms with van der Waals surface area (Å²) in [5.74, 6) is -1.02. The van der Waals surface area contributed by atoms with Crippen LogP contribution in [0.2, 0.25) is 0 Å². The van der Waals surface area contributed by atoms with Gasteiger partial charge in [-0.25, -0.2) is 4.79 Å². The van der Waals surface area contributed by atoms with Crippen LogP contribution in [0.5, 0.6) is 0 Å². The number of aliphatic carboxylic acids is 1. The van der Waals surface area contributed by atoms with Crippen molar-refractivity contribution in [2.45, 2.75) is 17.1 Å². The van der Waals surface area contributed by atoms with E-state index in [9.17, 15) is 4.79 Å². The first-order chi connectivity index (χ1) is 4.95. The molecule has 0 bridgehead atoms. The molecule has 0 saturated heterocycles. The molecule has 2 nitrogen and oxygen atoms in total. The van der Waals surface area contributed by atoms with Crippen molar-refractivity contribution in [2.24, 2.45) is 0 Å². The molecule has 0 radical (unpaired) electrons. The second kappa shape index (κ2) is 4.86. The normalized spacial score (nSPS) is 15.2. The lowest BCUT2D eigenvalue weighted by atomic mass is 10.2. The molecule has 5 heteroatoms. The highest BCUT2D eigenvalue weighted by Gasteiger charge is 2.12. The zero-order valence-electron chi connectivity index (χ0n) is 5.72. The Kier molecular flexibility index (Phi) is 4.89. The van der Waals surface area contributed by atoms with E-state index in [0.717, 1.165) is 0 Å². The van der Waals surface area contributed by atoms with Crippen molar-refractivity contribution in [1.82, 2.24) is 0 Å². The smallest absolute Gasteiger partial charge is 0.330 e. The van der Waals surface area contributed by atoms with Crippen LogP contribution in [-0.2, 0) is 4.79 Å². The zero-order valence-corrected chi connectivity index (χ0v) is 7.99. The quantitative estimate of drug-likeness (QED) is 0.582. The number of carboxylic acids is 1. The molecule has 0 aromatic rings. The molecule has 0 aliphatic rings. The van der Waals surface area contributed by atoms with Crippen LogP contribution < -0.4 is 0 Å². The minimum absolute atomic E-state index is 0.135. The second-order valence-electron chi connectivity index (χ2n) is 1.93. The standard InChI is InChI=1S/C6H7Cl3O2/c1-3(6(10)11)2-4(7)5(8)9/h2,4-5H,1H3,(H,10,11). The summed E-state index contributed by atoms with van der Waals surface area (Å²) in [5, 5.41) is 7.74. The van der Waals surface area contributed by atoms with Crippen molar-refractivity contribution < 1.29 is 9.90 Å². The first-order valence-corrected chi connectivity index (χ1v) is 4.10. The molecule has 1 unspecified atom stereocenters. The van der Waals surface area contributed by atoms with E-state index in [-0.39, 0.29) is 5.57 Å². The van der Waals surface area contributed by atoms with Crippen LogP contribution in [-0.4, -0.2) is 21.3 Å². The third-order valence-corrected chi connectivity index (χ3v) is 2.17. The van der Waals surface area contributed by atoms with Gasteiger partial charge in [-0.2, -0.15) is 0 Å². The summed E-state index contributed by atoms with van der Waals surface area (Å²) in [6.45, 7) is 1.42. The Bertz CT molecular complexity index is 177. The van der Waals surface area contributed by atoms with Gasteiger partial charge in [0.2, 0.25) is 0 Å². The number of carbonyl (C=O) groups is 1. The van der Waals surface area contributed by atoms with Crippen molar-refractivity contribution in [3.63, 3.8) is 0 Å². The maximum absolute atomic E-state index is 10.2. The Balaban J connectivity index is 4.19. The Morgan fingerprint density at radius 3 is 2.18 bits per heavy atom. The van der Waals surface area contributed by atoms with Crippen molar-refractivity contribution in [3.8, 4) is 0 Å². The summed E-state index contributed by atoms with van der Waals surface area (Å²) in [5.41, 5.74) is 0.135.